The fourth-order valence-corrected chi connectivity index (χ4v) is 2.25. The zero-order valence-corrected chi connectivity index (χ0v) is 12.2. The molecule has 2 aromatic carbocycles. The highest BCUT2D eigenvalue weighted by Gasteiger charge is 2.11. The topological polar surface area (TPSA) is 35.2 Å². The second-order valence-electron chi connectivity index (χ2n) is 3.93. The van der Waals surface area contributed by atoms with Crippen LogP contribution in [0.5, 0.6) is 5.75 Å². The number of rotatable bonds is 3. The number of hydrogen-bond acceptors (Lipinski definition) is 2. The predicted octanol–water partition coefficient (Wildman–Crippen LogP) is 4.16. The Hall–Kier alpha value is -1.03. The van der Waals surface area contributed by atoms with E-state index in [2.05, 4.69) is 15.9 Å². The van der Waals surface area contributed by atoms with E-state index in [0.717, 1.165) is 21.3 Å². The van der Waals surface area contributed by atoms with Crippen molar-refractivity contribution in [2.45, 2.75) is 6.04 Å². The van der Waals surface area contributed by atoms with Crippen molar-refractivity contribution in [3.63, 3.8) is 0 Å². The lowest BCUT2D eigenvalue weighted by atomic mass is 9.99. The van der Waals surface area contributed by atoms with Crippen molar-refractivity contribution < 1.29 is 4.74 Å². The fourth-order valence-electron chi connectivity index (χ4n) is 1.73. The first-order chi connectivity index (χ1) is 8.61. The van der Waals surface area contributed by atoms with Gasteiger partial charge in [0.05, 0.1) is 18.2 Å². The number of halogens is 2. The van der Waals surface area contributed by atoms with E-state index in [1.165, 1.54) is 0 Å². The molecule has 0 radical (unpaired) electrons. The van der Waals surface area contributed by atoms with Crippen LogP contribution >= 0.6 is 27.5 Å². The summed E-state index contributed by atoms with van der Waals surface area (Å²) in [5, 5.41) is 0.677. The Bertz CT molecular complexity index is 559. The molecule has 0 amide bonds. The molecule has 0 bridgehead atoms. The van der Waals surface area contributed by atoms with Gasteiger partial charge in [-0.2, -0.15) is 0 Å². The van der Waals surface area contributed by atoms with Crippen molar-refractivity contribution in [1.82, 2.24) is 0 Å². The number of methoxy groups -OCH3 is 1. The van der Waals surface area contributed by atoms with E-state index >= 15 is 0 Å². The van der Waals surface area contributed by atoms with Crippen LogP contribution in [0.3, 0.4) is 0 Å². The summed E-state index contributed by atoms with van der Waals surface area (Å²) in [4.78, 5) is 0. The molecule has 0 aliphatic heterocycles. The van der Waals surface area contributed by atoms with Gasteiger partial charge < -0.3 is 10.5 Å². The first-order valence-corrected chi connectivity index (χ1v) is 6.63. The van der Waals surface area contributed by atoms with Crippen LogP contribution in [-0.4, -0.2) is 7.11 Å². The zero-order valence-electron chi connectivity index (χ0n) is 9.86. The maximum Gasteiger partial charge on any atom is 0.119 e. The second-order valence-corrected chi connectivity index (χ2v) is 5.19. The number of nitrogens with two attached hydrogens (primary N) is 1. The summed E-state index contributed by atoms with van der Waals surface area (Å²) in [5.74, 6) is 0.802. The predicted molar refractivity (Wildman–Crippen MR) is 78.2 cm³/mol. The molecule has 2 nitrogen and oxygen atoms in total. The van der Waals surface area contributed by atoms with Crippen LogP contribution in [-0.2, 0) is 0 Å². The van der Waals surface area contributed by atoms with Gasteiger partial charge in [0.1, 0.15) is 5.75 Å². The Kier molecular flexibility index (Phi) is 4.27. The number of ether oxygens (including phenoxy) is 1. The molecular formula is C14H13BrClNO. The minimum atomic E-state index is -0.200. The number of hydrogen-bond donors (Lipinski definition) is 1. The molecule has 2 N–H and O–H groups in total. The van der Waals surface area contributed by atoms with Crippen molar-refractivity contribution in [3.8, 4) is 5.75 Å². The van der Waals surface area contributed by atoms with Crippen LogP contribution in [0.4, 0.5) is 0 Å². The van der Waals surface area contributed by atoms with Gasteiger partial charge in [0, 0.05) is 4.47 Å². The highest BCUT2D eigenvalue weighted by atomic mass is 79.9. The van der Waals surface area contributed by atoms with Gasteiger partial charge in [-0.25, -0.2) is 0 Å². The maximum atomic E-state index is 6.24. The van der Waals surface area contributed by atoms with Gasteiger partial charge in [-0.3, -0.25) is 0 Å². The van der Waals surface area contributed by atoms with Crippen LogP contribution in [0.1, 0.15) is 17.2 Å². The molecule has 0 spiro atoms. The van der Waals surface area contributed by atoms with E-state index in [-0.39, 0.29) is 6.04 Å². The summed E-state index contributed by atoms with van der Waals surface area (Å²) >= 11 is 9.37. The van der Waals surface area contributed by atoms with Crippen LogP contribution < -0.4 is 10.5 Å². The SMILES string of the molecule is COc1cccc(C(N)c2ccc(Cl)c(Br)c2)c1. The van der Waals surface area contributed by atoms with E-state index in [9.17, 15) is 0 Å². The number of benzene rings is 2. The Morgan fingerprint density at radius 3 is 2.56 bits per heavy atom. The summed E-state index contributed by atoms with van der Waals surface area (Å²) in [6.07, 6.45) is 0. The van der Waals surface area contributed by atoms with Gasteiger partial charge in [-0.1, -0.05) is 29.8 Å². The molecule has 1 atom stereocenters. The van der Waals surface area contributed by atoms with Crippen molar-refractivity contribution >= 4 is 27.5 Å². The smallest absolute Gasteiger partial charge is 0.119 e. The second kappa shape index (κ2) is 5.74. The monoisotopic (exact) mass is 325 g/mol. The van der Waals surface area contributed by atoms with Gasteiger partial charge in [0.15, 0.2) is 0 Å². The highest BCUT2D eigenvalue weighted by molar-refractivity contribution is 9.10. The average Bonchev–Trinajstić information content (AvgIpc) is 2.41. The van der Waals surface area contributed by atoms with Crippen molar-refractivity contribution in [3.05, 3.63) is 63.1 Å². The van der Waals surface area contributed by atoms with Gasteiger partial charge in [-0.15, -0.1) is 0 Å². The minimum absolute atomic E-state index is 0.200. The molecular weight excluding hydrogens is 314 g/mol. The van der Waals surface area contributed by atoms with E-state index < -0.39 is 0 Å². The normalized spacial score (nSPS) is 12.2. The Balaban J connectivity index is 2.34. The van der Waals surface area contributed by atoms with E-state index in [1.54, 1.807) is 7.11 Å². The standard InChI is InChI=1S/C14H13BrClNO/c1-18-11-4-2-3-9(7-11)14(17)10-5-6-13(16)12(15)8-10/h2-8,14H,17H2,1H3. The molecule has 2 aromatic rings. The van der Waals surface area contributed by atoms with Crippen LogP contribution in [0.15, 0.2) is 46.9 Å². The molecule has 0 aliphatic rings. The molecule has 0 saturated carbocycles. The van der Waals surface area contributed by atoms with E-state index in [1.807, 2.05) is 42.5 Å². The Morgan fingerprint density at radius 2 is 1.89 bits per heavy atom. The molecule has 0 heterocycles. The summed E-state index contributed by atoms with van der Waals surface area (Å²) in [6, 6.07) is 13.2. The van der Waals surface area contributed by atoms with Gasteiger partial charge in [0.2, 0.25) is 0 Å². The summed E-state index contributed by atoms with van der Waals surface area (Å²) in [5.41, 5.74) is 8.24. The van der Waals surface area contributed by atoms with E-state index in [0.29, 0.717) is 5.02 Å². The molecule has 0 saturated heterocycles. The molecule has 4 heteroatoms. The summed E-state index contributed by atoms with van der Waals surface area (Å²) in [6.45, 7) is 0. The third kappa shape index (κ3) is 2.86. The van der Waals surface area contributed by atoms with Gasteiger partial charge in [0.25, 0.3) is 0 Å². The molecule has 1 unspecified atom stereocenters. The van der Waals surface area contributed by atoms with Crippen molar-refractivity contribution in [2.75, 3.05) is 7.11 Å². The fraction of sp³-hybridized carbons (Fsp3) is 0.143. The highest BCUT2D eigenvalue weighted by Crippen LogP contribution is 2.29. The Labute approximate surface area is 120 Å². The Morgan fingerprint density at radius 1 is 1.17 bits per heavy atom. The van der Waals surface area contributed by atoms with Gasteiger partial charge in [-0.05, 0) is 51.3 Å². The average molecular weight is 327 g/mol. The molecule has 0 aromatic heterocycles. The molecule has 0 fully saturated rings. The maximum absolute atomic E-state index is 6.24. The van der Waals surface area contributed by atoms with Crippen LogP contribution in [0, 0.1) is 0 Å². The van der Waals surface area contributed by atoms with E-state index in [4.69, 9.17) is 22.1 Å². The first-order valence-electron chi connectivity index (χ1n) is 5.46. The lowest BCUT2D eigenvalue weighted by molar-refractivity contribution is 0.414. The lowest BCUT2D eigenvalue weighted by Gasteiger charge is -2.14. The molecule has 0 aliphatic carbocycles. The quantitative estimate of drug-likeness (QED) is 0.919. The van der Waals surface area contributed by atoms with Crippen molar-refractivity contribution in [1.29, 1.82) is 0 Å². The molecule has 2 rings (SSSR count). The third-order valence-electron chi connectivity index (χ3n) is 2.76. The van der Waals surface area contributed by atoms with Crippen LogP contribution in [0.25, 0.3) is 0 Å². The lowest BCUT2D eigenvalue weighted by Crippen LogP contribution is -2.11. The van der Waals surface area contributed by atoms with Crippen LogP contribution in [0.2, 0.25) is 5.02 Å². The first kappa shape index (κ1) is 13.4. The molecule has 18 heavy (non-hydrogen) atoms. The summed E-state index contributed by atoms with van der Waals surface area (Å²) < 4.78 is 6.05. The minimum Gasteiger partial charge on any atom is -0.497 e. The van der Waals surface area contributed by atoms with Crippen molar-refractivity contribution in [2.24, 2.45) is 5.73 Å². The summed E-state index contributed by atoms with van der Waals surface area (Å²) in [7, 11) is 1.64. The third-order valence-corrected chi connectivity index (χ3v) is 3.97. The zero-order chi connectivity index (χ0) is 13.1. The molecule has 94 valence electrons. The largest absolute Gasteiger partial charge is 0.497 e. The van der Waals surface area contributed by atoms with Gasteiger partial charge >= 0.3 is 0 Å².